The highest BCUT2D eigenvalue weighted by Gasteiger charge is 2.23. The highest BCUT2D eigenvalue weighted by molar-refractivity contribution is 8.14. The summed E-state index contributed by atoms with van der Waals surface area (Å²) < 4.78 is 0. The van der Waals surface area contributed by atoms with Crippen LogP contribution in [0.25, 0.3) is 0 Å². The summed E-state index contributed by atoms with van der Waals surface area (Å²) in [5, 5.41) is 11.7. The number of thioether (sulfide) groups is 1. The third-order valence-electron chi connectivity index (χ3n) is 3.82. The maximum absolute atomic E-state index is 12.5. The van der Waals surface area contributed by atoms with Gasteiger partial charge in [-0.2, -0.15) is 0 Å². The van der Waals surface area contributed by atoms with E-state index in [1.165, 1.54) is 18.2 Å². The van der Waals surface area contributed by atoms with Crippen LogP contribution in [0.15, 0.2) is 59.6 Å². The lowest BCUT2D eigenvalue weighted by atomic mass is 10.1. The number of benzene rings is 2. The predicted molar refractivity (Wildman–Crippen MR) is 99.0 cm³/mol. The Kier molecular flexibility index (Phi) is 5.45. The van der Waals surface area contributed by atoms with Gasteiger partial charge in [-0.1, -0.05) is 54.2 Å². The maximum Gasteiger partial charge on any atom is 0.270 e. The van der Waals surface area contributed by atoms with Gasteiger partial charge in [-0.3, -0.25) is 19.9 Å². The molecule has 0 N–H and O–H groups in total. The Morgan fingerprint density at radius 1 is 1.20 bits per heavy atom. The molecule has 1 aliphatic rings. The number of nitrogens with zero attached hydrogens (tertiary/aromatic N) is 3. The van der Waals surface area contributed by atoms with Crippen molar-refractivity contribution in [1.82, 2.24) is 4.90 Å². The molecule has 0 atom stereocenters. The van der Waals surface area contributed by atoms with Crippen molar-refractivity contribution in [3.63, 3.8) is 0 Å². The second kappa shape index (κ2) is 7.94. The molecule has 0 saturated carbocycles. The monoisotopic (exact) mass is 355 g/mol. The van der Waals surface area contributed by atoms with Crippen LogP contribution in [0, 0.1) is 10.1 Å². The Bertz CT molecular complexity index is 808. The van der Waals surface area contributed by atoms with E-state index in [-0.39, 0.29) is 18.0 Å². The number of amidine groups is 1. The van der Waals surface area contributed by atoms with Crippen LogP contribution in [0.4, 0.5) is 5.69 Å². The number of Topliss-reactive ketones (excluding diaryl/α,β-unsaturated/α-hetero) is 1. The van der Waals surface area contributed by atoms with Gasteiger partial charge in [0.05, 0.1) is 18.0 Å². The van der Waals surface area contributed by atoms with Gasteiger partial charge >= 0.3 is 0 Å². The molecule has 0 amide bonds. The molecule has 6 nitrogen and oxygen atoms in total. The summed E-state index contributed by atoms with van der Waals surface area (Å²) >= 11 is 1.63. The van der Waals surface area contributed by atoms with Crippen LogP contribution in [0.3, 0.4) is 0 Å². The number of ketones is 1. The fraction of sp³-hybridized carbons (Fsp3) is 0.222. The molecule has 0 unspecified atom stereocenters. The summed E-state index contributed by atoms with van der Waals surface area (Å²) in [5.41, 5.74) is 1.40. The molecule has 128 valence electrons. The van der Waals surface area contributed by atoms with Crippen LogP contribution < -0.4 is 0 Å². The first-order valence-electron chi connectivity index (χ1n) is 7.87. The van der Waals surface area contributed by atoms with Gasteiger partial charge < -0.3 is 4.90 Å². The van der Waals surface area contributed by atoms with Crippen LogP contribution in [0.1, 0.15) is 15.9 Å². The van der Waals surface area contributed by atoms with Crippen molar-refractivity contribution in [1.29, 1.82) is 0 Å². The number of rotatable bonds is 6. The topological polar surface area (TPSA) is 75.8 Å². The van der Waals surface area contributed by atoms with Crippen LogP contribution >= 0.6 is 11.8 Å². The number of carbonyl (C=O) groups excluding carboxylic acids is 1. The Balaban J connectivity index is 1.67. The first-order valence-corrected chi connectivity index (χ1v) is 8.86. The van der Waals surface area contributed by atoms with Crippen molar-refractivity contribution >= 4 is 28.4 Å². The van der Waals surface area contributed by atoms with E-state index in [0.29, 0.717) is 12.1 Å². The second-order valence-corrected chi connectivity index (χ2v) is 6.65. The van der Waals surface area contributed by atoms with Crippen LogP contribution in [-0.2, 0) is 6.54 Å². The molecular formula is C18H17N3O3S. The summed E-state index contributed by atoms with van der Waals surface area (Å²) in [7, 11) is 0. The van der Waals surface area contributed by atoms with Gasteiger partial charge in [-0.25, -0.2) is 0 Å². The smallest absolute Gasteiger partial charge is 0.270 e. The molecule has 7 heteroatoms. The van der Waals surface area contributed by atoms with Crippen molar-refractivity contribution in [2.45, 2.75) is 6.54 Å². The van der Waals surface area contributed by atoms with Crippen molar-refractivity contribution in [3.05, 3.63) is 75.8 Å². The minimum atomic E-state index is -0.491. The molecule has 1 aliphatic heterocycles. The molecule has 0 aliphatic carbocycles. The average Bonchev–Trinajstić information content (AvgIpc) is 3.08. The molecule has 0 aromatic heterocycles. The Labute approximate surface area is 149 Å². The fourth-order valence-corrected chi connectivity index (χ4v) is 3.51. The Hall–Kier alpha value is -2.67. The highest BCUT2D eigenvalue weighted by Crippen LogP contribution is 2.20. The first kappa shape index (κ1) is 17.2. The average molecular weight is 355 g/mol. The largest absolute Gasteiger partial charge is 0.343 e. The van der Waals surface area contributed by atoms with E-state index < -0.39 is 4.92 Å². The molecule has 1 saturated heterocycles. The highest BCUT2D eigenvalue weighted by atomic mass is 32.2. The zero-order chi connectivity index (χ0) is 17.6. The molecule has 0 spiro atoms. The normalized spacial score (nSPS) is 15.5. The number of carbonyl (C=O) groups is 1. The Morgan fingerprint density at radius 2 is 2.00 bits per heavy atom. The number of hydrogen-bond donors (Lipinski definition) is 0. The summed E-state index contributed by atoms with van der Waals surface area (Å²) in [5.74, 6) is 0.745. The van der Waals surface area contributed by atoms with Crippen LogP contribution in [-0.4, -0.2) is 39.6 Å². The number of nitro benzene ring substituents is 1. The molecule has 2 aromatic rings. The SMILES string of the molecule is O=C(CN1CCSC1=NCc1ccccc1)c1cccc([N+](=O)[O-])c1. The molecule has 0 radical (unpaired) electrons. The molecule has 3 rings (SSSR count). The van der Waals surface area contributed by atoms with E-state index in [1.54, 1.807) is 17.8 Å². The number of nitro groups is 1. The first-order chi connectivity index (χ1) is 12.1. The third kappa shape index (κ3) is 4.45. The predicted octanol–water partition coefficient (Wildman–Crippen LogP) is 3.38. The van der Waals surface area contributed by atoms with Gasteiger partial charge in [0.15, 0.2) is 11.0 Å². The van der Waals surface area contributed by atoms with Crippen molar-refractivity contribution < 1.29 is 9.72 Å². The second-order valence-electron chi connectivity index (χ2n) is 5.59. The summed E-state index contributed by atoms with van der Waals surface area (Å²) in [6.45, 7) is 1.51. The summed E-state index contributed by atoms with van der Waals surface area (Å²) in [6.07, 6.45) is 0. The van der Waals surface area contributed by atoms with E-state index in [2.05, 4.69) is 4.99 Å². The zero-order valence-corrected chi connectivity index (χ0v) is 14.3. The van der Waals surface area contributed by atoms with Crippen LogP contribution in [0.2, 0.25) is 0 Å². The third-order valence-corrected chi connectivity index (χ3v) is 4.85. The standard InChI is InChI=1S/C18H17N3O3S/c22-17(15-7-4-8-16(11-15)21(23)24)13-20-9-10-25-18(20)19-12-14-5-2-1-3-6-14/h1-8,11H,9-10,12-13H2. The van der Waals surface area contributed by atoms with Gasteiger partial charge in [0.2, 0.25) is 0 Å². The molecular weight excluding hydrogens is 338 g/mol. The lowest BCUT2D eigenvalue weighted by molar-refractivity contribution is -0.384. The van der Waals surface area contributed by atoms with E-state index in [4.69, 9.17) is 0 Å². The van der Waals surface area contributed by atoms with Crippen molar-refractivity contribution in [2.75, 3.05) is 18.8 Å². The molecule has 2 aromatic carbocycles. The molecule has 1 heterocycles. The van der Waals surface area contributed by atoms with E-state index in [0.717, 1.165) is 23.0 Å². The maximum atomic E-state index is 12.5. The minimum Gasteiger partial charge on any atom is -0.343 e. The number of non-ortho nitro benzene ring substituents is 1. The zero-order valence-electron chi connectivity index (χ0n) is 13.5. The van der Waals surface area contributed by atoms with Gasteiger partial charge in [0, 0.05) is 30.0 Å². The lowest BCUT2D eigenvalue weighted by Gasteiger charge is -2.17. The molecule has 0 bridgehead atoms. The quantitative estimate of drug-likeness (QED) is 0.451. The molecule has 25 heavy (non-hydrogen) atoms. The van der Waals surface area contributed by atoms with E-state index in [1.807, 2.05) is 35.2 Å². The van der Waals surface area contributed by atoms with Crippen molar-refractivity contribution in [2.24, 2.45) is 4.99 Å². The minimum absolute atomic E-state index is 0.0698. The van der Waals surface area contributed by atoms with E-state index >= 15 is 0 Å². The Morgan fingerprint density at radius 3 is 2.76 bits per heavy atom. The number of aliphatic imine (C=N–C) groups is 1. The fourth-order valence-electron chi connectivity index (χ4n) is 2.53. The van der Waals surface area contributed by atoms with E-state index in [9.17, 15) is 14.9 Å². The van der Waals surface area contributed by atoms with Gasteiger partial charge in [0.25, 0.3) is 5.69 Å². The molecule has 1 fully saturated rings. The summed E-state index contributed by atoms with van der Waals surface area (Å²) in [4.78, 5) is 29.4. The van der Waals surface area contributed by atoms with Gasteiger partial charge in [-0.05, 0) is 5.56 Å². The number of hydrogen-bond acceptors (Lipinski definition) is 5. The van der Waals surface area contributed by atoms with Gasteiger partial charge in [0.1, 0.15) is 0 Å². The van der Waals surface area contributed by atoms with Crippen molar-refractivity contribution in [3.8, 4) is 0 Å². The van der Waals surface area contributed by atoms with Gasteiger partial charge in [-0.15, -0.1) is 0 Å². The lowest BCUT2D eigenvalue weighted by Crippen LogP contribution is -2.30. The summed E-state index contributed by atoms with van der Waals surface area (Å²) in [6, 6.07) is 15.8. The van der Waals surface area contributed by atoms with Crippen LogP contribution in [0.5, 0.6) is 0 Å².